The molecule has 0 saturated carbocycles. The number of pyridine rings is 2. The molecule has 1 amide bonds. The minimum atomic E-state index is -2.94. The maximum Gasteiger partial charge on any atom is 0.266 e. The number of nitrogens with zero attached hydrogens (tertiary/aromatic N) is 6. The van der Waals surface area contributed by atoms with Crippen molar-refractivity contribution in [2.24, 2.45) is 4.99 Å². The van der Waals surface area contributed by atoms with E-state index < -0.39 is 23.8 Å². The minimum Gasteiger partial charge on any atom is -0.369 e. The molecular weight excluding hydrogens is 523 g/mol. The first-order chi connectivity index (χ1) is 19.0. The maximum atomic E-state index is 14.9. The van der Waals surface area contributed by atoms with Crippen LogP contribution in [0.3, 0.4) is 0 Å². The third kappa shape index (κ3) is 4.96. The van der Waals surface area contributed by atoms with E-state index in [0.717, 1.165) is 17.4 Å². The molecule has 0 fully saturated rings. The van der Waals surface area contributed by atoms with Gasteiger partial charge in [-0.3, -0.25) is 14.6 Å². The molecule has 3 aliphatic heterocycles. The highest BCUT2D eigenvalue weighted by atomic mass is 19.3. The van der Waals surface area contributed by atoms with Crippen LogP contribution in [0.2, 0.25) is 0 Å². The number of nitrogens with one attached hydrogen (secondary N) is 1. The Hall–Kier alpha value is -4.48. The van der Waals surface area contributed by atoms with E-state index in [2.05, 4.69) is 20.3 Å². The molecule has 0 spiro atoms. The molecule has 12 heteroatoms. The molecule has 2 aromatic rings. The molecule has 208 valence electrons. The van der Waals surface area contributed by atoms with E-state index in [-0.39, 0.29) is 29.1 Å². The molecule has 1 aromatic heterocycles. The van der Waals surface area contributed by atoms with Crippen molar-refractivity contribution in [2.75, 3.05) is 26.0 Å². The molecule has 1 unspecified atom stereocenters. The summed E-state index contributed by atoms with van der Waals surface area (Å²) in [4.78, 5) is 40.0. The highest BCUT2D eigenvalue weighted by molar-refractivity contribution is 5.82. The van der Waals surface area contributed by atoms with Crippen molar-refractivity contribution in [3.8, 4) is 22.5 Å². The van der Waals surface area contributed by atoms with E-state index in [1.165, 1.54) is 27.7 Å². The zero-order valence-electron chi connectivity index (χ0n) is 22.5. The van der Waals surface area contributed by atoms with Crippen LogP contribution in [0, 0.1) is 12.7 Å². The topological polar surface area (TPSA) is 97.4 Å². The first-order valence-electron chi connectivity index (χ1n) is 12.7. The van der Waals surface area contributed by atoms with Crippen molar-refractivity contribution in [1.29, 1.82) is 0 Å². The molecule has 9 nitrogen and oxygen atoms in total. The second-order valence-electron chi connectivity index (χ2n) is 9.85. The van der Waals surface area contributed by atoms with E-state index in [0.29, 0.717) is 35.9 Å². The molecule has 1 atom stereocenters. The highest BCUT2D eigenvalue weighted by Gasteiger charge is 2.25. The number of alkyl halides is 2. The van der Waals surface area contributed by atoms with E-state index in [1.807, 2.05) is 10.6 Å². The van der Waals surface area contributed by atoms with E-state index in [4.69, 9.17) is 0 Å². The lowest BCUT2D eigenvalue weighted by Crippen LogP contribution is -2.31. The fourth-order valence-electron chi connectivity index (χ4n) is 4.78. The molecule has 5 rings (SSSR count). The van der Waals surface area contributed by atoms with Gasteiger partial charge < -0.3 is 19.4 Å². The smallest absolute Gasteiger partial charge is 0.266 e. The molecule has 1 aromatic carbocycles. The number of benzene rings is 1. The van der Waals surface area contributed by atoms with Crippen LogP contribution in [0.1, 0.15) is 36.3 Å². The van der Waals surface area contributed by atoms with Gasteiger partial charge in [-0.25, -0.2) is 23.1 Å². The molecule has 0 saturated heterocycles. The first-order valence-corrected chi connectivity index (χ1v) is 12.7. The average Bonchev–Trinajstić information content (AvgIpc) is 3.40. The Bertz CT molecular complexity index is 1710. The van der Waals surface area contributed by atoms with Gasteiger partial charge in [0.05, 0.1) is 17.2 Å². The molecule has 40 heavy (non-hydrogen) atoms. The summed E-state index contributed by atoms with van der Waals surface area (Å²) in [5, 5.41) is 3.37. The van der Waals surface area contributed by atoms with E-state index in [9.17, 15) is 22.8 Å². The van der Waals surface area contributed by atoms with Crippen molar-refractivity contribution in [1.82, 2.24) is 24.0 Å². The number of carbonyl (C=O) groups excluding carboxylic acids is 1. The standard InChI is InChI=1S/C28H28F3N7O2/c1-15(18-6-5-7-19(24(18)29)25(30)31)33-26-21-12-20(27-32-10-11-38(27)28(21)35-16(2)34-26)17-8-9-22(39)37(13-17)14-23(40)36(3)4/h5-9,12-13,15,25,32H,10-11,14H2,1-4H3. The fraction of sp³-hybridized carbons (Fsp3) is 0.321. The number of aromatic nitrogens is 4. The largest absolute Gasteiger partial charge is 0.369 e. The van der Waals surface area contributed by atoms with E-state index >= 15 is 0 Å². The van der Waals surface area contributed by atoms with Gasteiger partial charge in [-0.05, 0) is 26.0 Å². The summed E-state index contributed by atoms with van der Waals surface area (Å²) >= 11 is 0. The quantitative estimate of drug-likeness (QED) is 0.394. The van der Waals surface area contributed by atoms with Gasteiger partial charge >= 0.3 is 0 Å². The van der Waals surface area contributed by atoms with Crippen LogP contribution in [0.25, 0.3) is 22.5 Å². The number of amides is 1. The third-order valence-electron chi connectivity index (χ3n) is 6.87. The summed E-state index contributed by atoms with van der Waals surface area (Å²) in [6.07, 6.45) is -1.31. The van der Waals surface area contributed by atoms with Crippen LogP contribution in [0.4, 0.5) is 19.0 Å². The number of hydrogen-bond donors (Lipinski definition) is 1. The van der Waals surface area contributed by atoms with Crippen molar-refractivity contribution in [2.45, 2.75) is 39.4 Å². The van der Waals surface area contributed by atoms with Gasteiger partial charge in [0.25, 0.3) is 12.0 Å². The Morgan fingerprint density at radius 3 is 2.62 bits per heavy atom. The summed E-state index contributed by atoms with van der Waals surface area (Å²) in [5.74, 6) is 0.631. The zero-order valence-corrected chi connectivity index (χ0v) is 22.5. The van der Waals surface area contributed by atoms with Crippen molar-refractivity contribution in [3.05, 3.63) is 81.2 Å². The Labute approximate surface area is 228 Å². The van der Waals surface area contributed by atoms with Gasteiger partial charge in [0, 0.05) is 56.1 Å². The lowest BCUT2D eigenvalue weighted by atomic mass is 10.0. The van der Waals surface area contributed by atoms with E-state index in [1.54, 1.807) is 40.2 Å². The number of likely N-dealkylation sites (N-methyl/N-ethyl adjacent to an activating group) is 1. The normalized spacial score (nSPS) is 13.9. The Morgan fingerprint density at radius 2 is 1.90 bits per heavy atom. The second-order valence-corrected chi connectivity index (χ2v) is 9.85. The van der Waals surface area contributed by atoms with Gasteiger partial charge in [0.15, 0.2) is 5.49 Å². The second kappa shape index (κ2) is 10.6. The summed E-state index contributed by atoms with van der Waals surface area (Å²) in [6.45, 7) is 4.48. The molecule has 0 bridgehead atoms. The van der Waals surface area contributed by atoms with Crippen LogP contribution in [-0.2, 0) is 17.9 Å². The summed E-state index contributed by atoms with van der Waals surface area (Å²) in [5.41, 5.74) is 1.33. The predicted octanol–water partition coefficient (Wildman–Crippen LogP) is 3.77. The predicted molar refractivity (Wildman–Crippen MR) is 144 cm³/mol. The van der Waals surface area contributed by atoms with Gasteiger partial charge in [-0.2, -0.15) is 0 Å². The average molecular weight is 552 g/mol. The highest BCUT2D eigenvalue weighted by Crippen LogP contribution is 2.36. The van der Waals surface area contributed by atoms with Gasteiger partial charge in [0.1, 0.15) is 29.8 Å². The van der Waals surface area contributed by atoms with Gasteiger partial charge in [-0.15, -0.1) is 0 Å². The number of aryl methyl sites for hydroxylation is 1. The van der Waals surface area contributed by atoms with Crippen LogP contribution >= 0.6 is 0 Å². The van der Waals surface area contributed by atoms with Crippen molar-refractivity contribution in [3.63, 3.8) is 0 Å². The lowest BCUT2D eigenvalue weighted by Gasteiger charge is -2.19. The van der Waals surface area contributed by atoms with Crippen LogP contribution in [0.5, 0.6) is 0 Å². The third-order valence-corrected chi connectivity index (χ3v) is 6.87. The molecule has 4 heterocycles. The van der Waals surface area contributed by atoms with Gasteiger partial charge in [0.2, 0.25) is 5.91 Å². The summed E-state index contributed by atoms with van der Waals surface area (Å²) in [7, 11) is 3.25. The van der Waals surface area contributed by atoms with Crippen molar-refractivity contribution >= 4 is 11.7 Å². The Kier molecular flexibility index (Phi) is 7.17. The minimum absolute atomic E-state index is 0.0376. The number of fused-ring (bicyclic) bond motifs is 3. The lowest BCUT2D eigenvalue weighted by molar-refractivity contribution is -0.129. The SMILES string of the molecule is Cc1nc2n3c(c(-c4ccc(=O)n(CC(=O)N(C)C)c4)cc-2c(=NC(C)c2cccc(C(F)F)c2F)n1)NCC3. The molecular formula is C28H28F3N7O2. The maximum absolute atomic E-state index is 14.9. The Balaban J connectivity index is 1.69. The number of anilines is 1. The number of hydrogen-bond acceptors (Lipinski definition) is 6. The number of rotatable bonds is 6. The monoisotopic (exact) mass is 551 g/mol. The first kappa shape index (κ1) is 27.1. The summed E-state index contributed by atoms with van der Waals surface area (Å²) in [6, 6.07) is 8.01. The van der Waals surface area contributed by atoms with Gasteiger partial charge in [-0.1, -0.05) is 18.2 Å². The molecule has 3 aliphatic rings. The van der Waals surface area contributed by atoms with Crippen molar-refractivity contribution < 1.29 is 18.0 Å². The molecule has 0 radical (unpaired) electrons. The summed E-state index contributed by atoms with van der Waals surface area (Å²) < 4.78 is 44.9. The zero-order chi connectivity index (χ0) is 28.7. The number of carbonyl (C=O) groups is 1. The van der Waals surface area contributed by atoms with Crippen LogP contribution in [-0.4, -0.2) is 50.5 Å². The molecule has 1 N–H and O–H groups in total. The fourth-order valence-corrected chi connectivity index (χ4v) is 4.78. The molecule has 0 aliphatic carbocycles. The number of halogens is 3. The Morgan fingerprint density at radius 1 is 1.15 bits per heavy atom. The van der Waals surface area contributed by atoms with Crippen LogP contribution in [0.15, 0.2) is 52.4 Å². The van der Waals surface area contributed by atoms with Crippen LogP contribution < -0.4 is 16.4 Å².